The van der Waals surface area contributed by atoms with Gasteiger partial charge in [-0.1, -0.05) is 36.4 Å². The van der Waals surface area contributed by atoms with Crippen molar-refractivity contribution in [1.29, 1.82) is 0 Å². The van der Waals surface area contributed by atoms with Crippen molar-refractivity contribution in [2.45, 2.75) is 18.3 Å². The number of hydrogen-bond donors (Lipinski definition) is 1. The van der Waals surface area contributed by atoms with Crippen LogP contribution in [0.4, 0.5) is 0 Å². The largest absolute Gasteiger partial charge is 0.457 e. The molecule has 1 atom stereocenters. The van der Waals surface area contributed by atoms with E-state index in [4.69, 9.17) is 16.3 Å². The van der Waals surface area contributed by atoms with Gasteiger partial charge < -0.3 is 10.1 Å². The lowest BCUT2D eigenvalue weighted by molar-refractivity contribution is -0.121. The number of fused-ring (bicyclic) bond motifs is 2. The average molecular weight is 288 g/mol. The van der Waals surface area contributed by atoms with E-state index in [2.05, 4.69) is 5.32 Å². The van der Waals surface area contributed by atoms with Gasteiger partial charge in [-0.2, -0.15) is 0 Å². The Morgan fingerprint density at radius 2 is 1.60 bits per heavy atom. The van der Waals surface area contributed by atoms with Gasteiger partial charge in [0.15, 0.2) is 0 Å². The van der Waals surface area contributed by atoms with E-state index in [0.29, 0.717) is 0 Å². The number of carbonyl (C=O) groups is 1. The molecule has 0 bridgehead atoms. The molecule has 1 heterocycles. The van der Waals surface area contributed by atoms with Gasteiger partial charge in [0.25, 0.3) is 0 Å². The van der Waals surface area contributed by atoms with E-state index in [9.17, 15) is 4.79 Å². The predicted octanol–water partition coefficient (Wildman–Crippen LogP) is 3.63. The summed E-state index contributed by atoms with van der Waals surface area (Å²) < 4.78 is 5.87. The van der Waals surface area contributed by atoms with E-state index in [1.165, 1.54) is 0 Å². The van der Waals surface area contributed by atoms with Crippen LogP contribution < -0.4 is 10.1 Å². The minimum Gasteiger partial charge on any atom is -0.457 e. The summed E-state index contributed by atoms with van der Waals surface area (Å²) in [5.74, 6) is 1.33. The molecule has 20 heavy (non-hydrogen) atoms. The first-order valence-electron chi connectivity index (χ1n) is 6.47. The number of halogens is 1. The van der Waals surface area contributed by atoms with Gasteiger partial charge in [-0.05, 0) is 19.1 Å². The monoisotopic (exact) mass is 287 g/mol. The minimum atomic E-state index is -0.572. The molecule has 1 amide bonds. The van der Waals surface area contributed by atoms with Crippen LogP contribution in [0.15, 0.2) is 48.5 Å². The topological polar surface area (TPSA) is 38.3 Å². The van der Waals surface area contributed by atoms with E-state index < -0.39 is 5.38 Å². The molecule has 0 aliphatic carbocycles. The number of benzene rings is 2. The van der Waals surface area contributed by atoms with Gasteiger partial charge >= 0.3 is 0 Å². The zero-order valence-electron chi connectivity index (χ0n) is 11.0. The van der Waals surface area contributed by atoms with Gasteiger partial charge in [0.1, 0.15) is 16.9 Å². The number of hydrogen-bond acceptors (Lipinski definition) is 2. The summed E-state index contributed by atoms with van der Waals surface area (Å²) >= 11 is 5.86. The Labute approximate surface area is 122 Å². The molecule has 1 N–H and O–H groups in total. The molecule has 3 rings (SSSR count). The molecule has 3 nitrogen and oxygen atoms in total. The van der Waals surface area contributed by atoms with Crippen LogP contribution >= 0.6 is 11.6 Å². The van der Waals surface area contributed by atoms with Gasteiger partial charge in [0.2, 0.25) is 5.91 Å². The lowest BCUT2D eigenvalue weighted by atomic mass is 9.94. The fraction of sp³-hybridized carbons (Fsp3) is 0.188. The average Bonchev–Trinajstić information content (AvgIpc) is 2.46. The number of alkyl halides is 1. The van der Waals surface area contributed by atoms with Gasteiger partial charge in [0, 0.05) is 11.1 Å². The molecular formula is C16H14ClNO2. The lowest BCUT2D eigenvalue weighted by Gasteiger charge is -2.29. The van der Waals surface area contributed by atoms with Crippen molar-refractivity contribution >= 4 is 17.5 Å². The molecule has 1 aliphatic rings. The summed E-state index contributed by atoms with van der Waals surface area (Å²) in [4.78, 5) is 11.9. The Hall–Kier alpha value is -2.00. The normalized spacial score (nSPS) is 14.7. The first-order chi connectivity index (χ1) is 9.66. The summed E-state index contributed by atoms with van der Waals surface area (Å²) in [6.07, 6.45) is 0. The Balaban J connectivity index is 2.05. The molecule has 0 saturated carbocycles. The third-order valence-electron chi connectivity index (χ3n) is 3.33. The SMILES string of the molecule is CC(Cl)C(=O)NC1c2ccccc2Oc2ccccc21. The van der Waals surface area contributed by atoms with E-state index >= 15 is 0 Å². The van der Waals surface area contributed by atoms with E-state index in [1.54, 1.807) is 6.92 Å². The second-order valence-electron chi connectivity index (χ2n) is 4.74. The maximum absolute atomic E-state index is 11.9. The second-order valence-corrected chi connectivity index (χ2v) is 5.39. The molecule has 1 unspecified atom stereocenters. The van der Waals surface area contributed by atoms with Crippen LogP contribution in [0.1, 0.15) is 24.1 Å². The highest BCUT2D eigenvalue weighted by atomic mass is 35.5. The van der Waals surface area contributed by atoms with Crippen LogP contribution in [0.25, 0.3) is 0 Å². The molecule has 2 aromatic carbocycles. The summed E-state index contributed by atoms with van der Waals surface area (Å²) in [6.45, 7) is 1.66. The highest BCUT2D eigenvalue weighted by Gasteiger charge is 2.28. The number of carbonyl (C=O) groups excluding carboxylic acids is 1. The molecule has 2 aromatic rings. The van der Waals surface area contributed by atoms with Gasteiger partial charge in [-0.25, -0.2) is 0 Å². The Morgan fingerprint density at radius 1 is 1.10 bits per heavy atom. The van der Waals surface area contributed by atoms with Crippen LogP contribution in [0.3, 0.4) is 0 Å². The van der Waals surface area contributed by atoms with Crippen LogP contribution in [-0.2, 0) is 4.79 Å². The molecule has 0 aromatic heterocycles. The van der Waals surface area contributed by atoms with Crippen molar-refractivity contribution in [1.82, 2.24) is 5.32 Å². The molecule has 1 aliphatic heterocycles. The van der Waals surface area contributed by atoms with Crippen molar-refractivity contribution in [2.24, 2.45) is 0 Å². The van der Waals surface area contributed by atoms with Crippen LogP contribution in [-0.4, -0.2) is 11.3 Å². The maximum atomic E-state index is 11.9. The predicted molar refractivity (Wildman–Crippen MR) is 78.3 cm³/mol. The van der Waals surface area contributed by atoms with Crippen molar-refractivity contribution in [3.05, 3.63) is 59.7 Å². The first kappa shape index (κ1) is 13.0. The van der Waals surface area contributed by atoms with Crippen molar-refractivity contribution in [3.8, 4) is 11.5 Å². The highest BCUT2D eigenvalue weighted by Crippen LogP contribution is 2.42. The van der Waals surface area contributed by atoms with E-state index in [1.807, 2.05) is 48.5 Å². The van der Waals surface area contributed by atoms with Crippen LogP contribution in [0.2, 0.25) is 0 Å². The summed E-state index contributed by atoms with van der Waals surface area (Å²) in [6, 6.07) is 15.2. The lowest BCUT2D eigenvalue weighted by Crippen LogP contribution is -2.35. The number of rotatable bonds is 2. The highest BCUT2D eigenvalue weighted by molar-refractivity contribution is 6.30. The molecule has 4 heteroatoms. The number of amides is 1. The summed E-state index contributed by atoms with van der Waals surface area (Å²) in [5.41, 5.74) is 1.88. The van der Waals surface area contributed by atoms with Gasteiger partial charge in [0.05, 0.1) is 6.04 Å². The smallest absolute Gasteiger partial charge is 0.238 e. The minimum absolute atomic E-state index is 0.192. The zero-order valence-corrected chi connectivity index (χ0v) is 11.7. The fourth-order valence-electron chi connectivity index (χ4n) is 2.32. The third kappa shape index (κ3) is 2.25. The van der Waals surface area contributed by atoms with E-state index in [0.717, 1.165) is 22.6 Å². The quantitative estimate of drug-likeness (QED) is 0.857. The number of nitrogens with one attached hydrogen (secondary N) is 1. The molecule has 0 radical (unpaired) electrons. The Morgan fingerprint density at radius 3 is 2.10 bits per heavy atom. The number of para-hydroxylation sites is 2. The first-order valence-corrected chi connectivity index (χ1v) is 6.90. The summed E-state index contributed by atoms with van der Waals surface area (Å²) in [5, 5.41) is 2.41. The van der Waals surface area contributed by atoms with Crippen LogP contribution in [0, 0.1) is 0 Å². The summed E-state index contributed by atoms with van der Waals surface area (Å²) in [7, 11) is 0. The van der Waals surface area contributed by atoms with Gasteiger partial charge in [-0.15, -0.1) is 11.6 Å². The van der Waals surface area contributed by atoms with Crippen molar-refractivity contribution in [2.75, 3.05) is 0 Å². The molecular weight excluding hydrogens is 274 g/mol. The number of ether oxygens (including phenoxy) is 1. The zero-order chi connectivity index (χ0) is 14.1. The van der Waals surface area contributed by atoms with Gasteiger partial charge in [-0.3, -0.25) is 4.79 Å². The standard InChI is InChI=1S/C16H14ClNO2/c1-10(17)16(19)18-15-11-6-2-4-8-13(11)20-14-9-5-3-7-12(14)15/h2-10,15H,1H3,(H,18,19). The maximum Gasteiger partial charge on any atom is 0.238 e. The van der Waals surface area contributed by atoms with E-state index in [-0.39, 0.29) is 11.9 Å². The Bertz CT molecular complexity index is 609. The Kier molecular flexibility index (Phi) is 3.36. The van der Waals surface area contributed by atoms with Crippen molar-refractivity contribution in [3.63, 3.8) is 0 Å². The van der Waals surface area contributed by atoms with Crippen molar-refractivity contribution < 1.29 is 9.53 Å². The van der Waals surface area contributed by atoms with Crippen LogP contribution in [0.5, 0.6) is 11.5 Å². The third-order valence-corrected chi connectivity index (χ3v) is 3.53. The molecule has 0 spiro atoms. The molecule has 0 fully saturated rings. The second kappa shape index (κ2) is 5.17. The molecule has 102 valence electrons. The fourth-order valence-corrected chi connectivity index (χ4v) is 2.39. The molecule has 0 saturated heterocycles.